The molecule has 0 amide bonds. The average molecular weight is 485 g/mol. The van der Waals surface area contributed by atoms with Crippen molar-refractivity contribution in [3.05, 3.63) is 59.9 Å². The Kier molecular flexibility index (Phi) is 7.01. The lowest BCUT2D eigenvalue weighted by atomic mass is 10.2. The van der Waals surface area contributed by atoms with E-state index in [-0.39, 0.29) is 12.4 Å². The van der Waals surface area contributed by atoms with Gasteiger partial charge < -0.3 is 20.7 Å². The summed E-state index contributed by atoms with van der Waals surface area (Å²) < 4.78 is 70.6. The van der Waals surface area contributed by atoms with Gasteiger partial charge in [0.25, 0.3) is 0 Å². The number of benzene rings is 1. The van der Waals surface area contributed by atoms with Crippen molar-refractivity contribution < 1.29 is 26.3 Å². The number of halogens is 3. The van der Waals surface area contributed by atoms with Gasteiger partial charge in [-0.25, -0.2) is 18.4 Å². The third-order valence-electron chi connectivity index (χ3n) is 4.69. The molecule has 2 heterocycles. The van der Waals surface area contributed by atoms with Gasteiger partial charge in [0, 0.05) is 43.3 Å². The summed E-state index contributed by atoms with van der Waals surface area (Å²) in [5.41, 5.74) is -0.0262. The van der Waals surface area contributed by atoms with Gasteiger partial charge in [0.1, 0.15) is 23.0 Å². The number of alkyl halides is 3. The predicted molar refractivity (Wildman–Crippen MR) is 119 cm³/mol. The minimum atomic E-state index is -4.67. The average Bonchev–Trinajstić information content (AvgIpc) is 2.76. The number of ether oxygens (including phenoxy) is 1. The molecule has 0 saturated heterocycles. The molecular formula is C20H23F3N6O3S. The van der Waals surface area contributed by atoms with Crippen molar-refractivity contribution in [1.29, 1.82) is 0 Å². The topological polar surface area (TPSA) is 108 Å². The number of pyridine rings is 1. The van der Waals surface area contributed by atoms with Crippen LogP contribution in [0.1, 0.15) is 5.56 Å². The molecule has 0 radical (unpaired) electrons. The van der Waals surface area contributed by atoms with Gasteiger partial charge in [-0.3, -0.25) is 4.31 Å². The zero-order valence-electron chi connectivity index (χ0n) is 18.0. The van der Waals surface area contributed by atoms with E-state index in [0.29, 0.717) is 17.0 Å². The first-order valence-electron chi connectivity index (χ1n) is 9.63. The van der Waals surface area contributed by atoms with Crippen LogP contribution in [0.25, 0.3) is 0 Å². The van der Waals surface area contributed by atoms with E-state index < -0.39 is 33.9 Å². The van der Waals surface area contributed by atoms with E-state index in [4.69, 9.17) is 4.74 Å². The van der Waals surface area contributed by atoms with Crippen LogP contribution in [-0.4, -0.2) is 52.1 Å². The SMILES string of the molecule is COc1cccc(NC2N=C(NCc3cccnc3N(C)S(C)(=O)=O)C(C(F)(F)F)=CN2)c1. The van der Waals surface area contributed by atoms with E-state index in [1.165, 1.54) is 20.4 Å². The van der Waals surface area contributed by atoms with E-state index in [0.717, 1.165) is 16.8 Å². The van der Waals surface area contributed by atoms with Crippen LogP contribution in [0, 0.1) is 0 Å². The van der Waals surface area contributed by atoms with Gasteiger partial charge in [0.2, 0.25) is 10.0 Å². The lowest BCUT2D eigenvalue weighted by Crippen LogP contribution is -2.43. The quantitative estimate of drug-likeness (QED) is 0.554. The smallest absolute Gasteiger partial charge is 0.421 e. The number of rotatable bonds is 7. The van der Waals surface area contributed by atoms with Crippen molar-refractivity contribution >= 4 is 27.4 Å². The highest BCUT2D eigenvalue weighted by atomic mass is 32.2. The third kappa shape index (κ3) is 6.06. The maximum absolute atomic E-state index is 13.6. The number of nitrogens with zero attached hydrogens (tertiary/aromatic N) is 3. The minimum absolute atomic E-state index is 0.102. The Morgan fingerprint density at radius 2 is 2.00 bits per heavy atom. The van der Waals surface area contributed by atoms with Crippen molar-refractivity contribution in [3.63, 3.8) is 0 Å². The lowest BCUT2D eigenvalue weighted by molar-refractivity contribution is -0.0870. The van der Waals surface area contributed by atoms with E-state index in [1.807, 2.05) is 0 Å². The molecule has 0 saturated carbocycles. The highest BCUT2D eigenvalue weighted by molar-refractivity contribution is 7.92. The first kappa shape index (κ1) is 24.2. The molecule has 1 atom stereocenters. The molecule has 0 aliphatic carbocycles. The molecule has 1 aliphatic heterocycles. The number of methoxy groups -OCH3 is 1. The summed E-state index contributed by atoms with van der Waals surface area (Å²) in [6.07, 6.45) is -2.31. The second-order valence-electron chi connectivity index (χ2n) is 7.05. The Morgan fingerprint density at radius 3 is 2.67 bits per heavy atom. The standard InChI is InChI=1S/C20H23F3N6O3S/c1-29(33(3,30)31)18-13(6-5-9-24-18)11-25-17-16(20(21,22)23)12-26-19(28-17)27-14-7-4-8-15(10-14)32-2/h4-10,12,19,26-27H,11H2,1-3H3,(H,25,28). The monoisotopic (exact) mass is 484 g/mol. The predicted octanol–water partition coefficient (Wildman–Crippen LogP) is 2.42. The molecule has 33 heavy (non-hydrogen) atoms. The fourth-order valence-electron chi connectivity index (χ4n) is 2.96. The molecule has 0 bridgehead atoms. The van der Waals surface area contributed by atoms with Crippen LogP contribution in [0.3, 0.4) is 0 Å². The van der Waals surface area contributed by atoms with Crippen LogP contribution >= 0.6 is 0 Å². The summed E-state index contributed by atoms with van der Waals surface area (Å²) >= 11 is 0. The van der Waals surface area contributed by atoms with Gasteiger partial charge in [0.15, 0.2) is 6.29 Å². The largest absolute Gasteiger partial charge is 0.497 e. The maximum atomic E-state index is 13.6. The van der Waals surface area contributed by atoms with E-state index >= 15 is 0 Å². The molecule has 3 rings (SSSR count). The number of amidine groups is 1. The molecule has 1 aromatic heterocycles. The number of hydrogen-bond acceptors (Lipinski definition) is 8. The van der Waals surface area contributed by atoms with Crippen LogP contribution in [0.2, 0.25) is 0 Å². The first-order chi connectivity index (χ1) is 15.5. The summed E-state index contributed by atoms with van der Waals surface area (Å²) in [6, 6.07) is 9.99. The van der Waals surface area contributed by atoms with Crippen molar-refractivity contribution in [3.8, 4) is 5.75 Å². The van der Waals surface area contributed by atoms with Crippen molar-refractivity contribution in [2.75, 3.05) is 30.0 Å². The third-order valence-corrected chi connectivity index (χ3v) is 5.85. The fraction of sp³-hybridized carbons (Fsp3) is 0.300. The van der Waals surface area contributed by atoms with Crippen LogP contribution in [0.15, 0.2) is 59.4 Å². The van der Waals surface area contributed by atoms with Crippen molar-refractivity contribution in [1.82, 2.24) is 15.6 Å². The summed E-state index contributed by atoms with van der Waals surface area (Å²) in [5, 5.41) is 8.23. The number of aliphatic imine (C=N–C) groups is 1. The molecule has 13 heteroatoms. The van der Waals surface area contributed by atoms with E-state index in [2.05, 4.69) is 25.9 Å². The number of hydrogen-bond donors (Lipinski definition) is 3. The van der Waals surface area contributed by atoms with Gasteiger partial charge in [0.05, 0.1) is 13.4 Å². The molecular weight excluding hydrogens is 461 g/mol. The van der Waals surface area contributed by atoms with Crippen LogP contribution in [-0.2, 0) is 16.6 Å². The second-order valence-corrected chi connectivity index (χ2v) is 9.06. The van der Waals surface area contributed by atoms with Gasteiger partial charge in [-0.2, -0.15) is 13.2 Å². The molecule has 1 unspecified atom stereocenters. The van der Waals surface area contributed by atoms with Crippen molar-refractivity contribution in [2.24, 2.45) is 4.99 Å². The maximum Gasteiger partial charge on any atom is 0.421 e. The van der Waals surface area contributed by atoms with E-state index in [9.17, 15) is 21.6 Å². The Balaban J connectivity index is 1.84. The lowest BCUT2D eigenvalue weighted by Gasteiger charge is -2.26. The van der Waals surface area contributed by atoms with Crippen molar-refractivity contribution in [2.45, 2.75) is 19.0 Å². The number of sulfonamides is 1. The molecule has 1 aromatic carbocycles. The summed E-state index contributed by atoms with van der Waals surface area (Å²) in [4.78, 5) is 8.18. The molecule has 1 aliphatic rings. The normalized spacial score (nSPS) is 16.2. The Hall–Kier alpha value is -3.48. The first-order valence-corrected chi connectivity index (χ1v) is 11.5. The zero-order valence-corrected chi connectivity index (χ0v) is 18.8. The van der Waals surface area contributed by atoms with Crippen LogP contribution in [0.5, 0.6) is 5.75 Å². The fourth-order valence-corrected chi connectivity index (χ4v) is 3.43. The highest BCUT2D eigenvalue weighted by Gasteiger charge is 2.39. The van der Waals surface area contributed by atoms with E-state index in [1.54, 1.807) is 36.4 Å². The van der Waals surface area contributed by atoms with Crippen LogP contribution in [0.4, 0.5) is 24.7 Å². The minimum Gasteiger partial charge on any atom is -0.497 e. The van der Waals surface area contributed by atoms with Crippen LogP contribution < -0.4 is 25.0 Å². The van der Waals surface area contributed by atoms with Gasteiger partial charge in [-0.1, -0.05) is 12.1 Å². The molecule has 9 nitrogen and oxygen atoms in total. The highest BCUT2D eigenvalue weighted by Crippen LogP contribution is 2.28. The van der Waals surface area contributed by atoms with Gasteiger partial charge >= 0.3 is 6.18 Å². The van der Waals surface area contributed by atoms with Gasteiger partial charge in [-0.15, -0.1) is 0 Å². The molecule has 178 valence electrons. The number of aromatic nitrogens is 1. The second kappa shape index (κ2) is 9.57. The molecule has 2 aromatic rings. The summed E-state index contributed by atoms with van der Waals surface area (Å²) in [5.74, 6) is 0.271. The molecule has 3 N–H and O–H groups in total. The number of anilines is 2. The summed E-state index contributed by atoms with van der Waals surface area (Å²) in [7, 11) is -0.791. The molecule has 0 fully saturated rings. The Labute approximate surface area is 189 Å². The summed E-state index contributed by atoms with van der Waals surface area (Å²) in [6.45, 7) is -0.138. The van der Waals surface area contributed by atoms with Gasteiger partial charge in [-0.05, 0) is 18.2 Å². The Morgan fingerprint density at radius 1 is 1.24 bits per heavy atom. The Bertz CT molecular complexity index is 1170. The molecule has 0 spiro atoms. The number of nitrogens with one attached hydrogen (secondary N) is 3. The zero-order chi connectivity index (χ0) is 24.2.